The molecular weight excluding hydrogens is 368 g/mol. The molecule has 3 rings (SSSR count). The maximum Gasteiger partial charge on any atom is 0.0784 e. The number of allylic oxidation sites excluding steroid dienone is 5. The van der Waals surface area contributed by atoms with E-state index < -0.39 is 5.60 Å². The summed E-state index contributed by atoms with van der Waals surface area (Å²) in [7, 11) is 0. The van der Waals surface area contributed by atoms with Gasteiger partial charge in [-0.15, -0.1) is 0 Å². The molecule has 0 amide bonds. The first-order valence-electron chi connectivity index (χ1n) is 12.2. The molecule has 4 atom stereocenters. The molecule has 3 saturated carbocycles. The number of aliphatic hydroxyl groups is 2. The number of aliphatic hydroxyl groups excluding tert-OH is 1. The lowest BCUT2D eigenvalue weighted by Gasteiger charge is -2.43. The van der Waals surface area contributed by atoms with Gasteiger partial charge in [-0.2, -0.15) is 0 Å². The van der Waals surface area contributed by atoms with E-state index in [9.17, 15) is 10.2 Å². The molecule has 4 unspecified atom stereocenters. The van der Waals surface area contributed by atoms with Gasteiger partial charge in [0.15, 0.2) is 0 Å². The van der Waals surface area contributed by atoms with Crippen LogP contribution in [0, 0.1) is 17.3 Å². The van der Waals surface area contributed by atoms with Gasteiger partial charge < -0.3 is 10.2 Å². The Kier molecular flexibility index (Phi) is 7.51. The van der Waals surface area contributed by atoms with Gasteiger partial charge >= 0.3 is 0 Å². The van der Waals surface area contributed by atoms with E-state index in [1.165, 1.54) is 43.3 Å². The minimum absolute atomic E-state index is 0.360. The zero-order chi connectivity index (χ0) is 21.9. The van der Waals surface area contributed by atoms with Crippen LogP contribution < -0.4 is 0 Å². The first-order valence-corrected chi connectivity index (χ1v) is 12.2. The molecular formula is C28H44O2. The predicted molar refractivity (Wildman–Crippen MR) is 127 cm³/mol. The molecule has 30 heavy (non-hydrogen) atoms. The lowest BCUT2D eigenvalue weighted by molar-refractivity contribution is 0.0720. The van der Waals surface area contributed by atoms with Crippen LogP contribution in [-0.2, 0) is 0 Å². The monoisotopic (exact) mass is 412 g/mol. The van der Waals surface area contributed by atoms with Crippen molar-refractivity contribution in [3.8, 4) is 0 Å². The fourth-order valence-corrected chi connectivity index (χ4v) is 6.36. The molecule has 0 radical (unpaired) electrons. The van der Waals surface area contributed by atoms with Crippen LogP contribution in [0.3, 0.4) is 0 Å². The Hall–Kier alpha value is -1.12. The van der Waals surface area contributed by atoms with Crippen molar-refractivity contribution < 1.29 is 10.2 Å². The van der Waals surface area contributed by atoms with Crippen LogP contribution in [0.15, 0.2) is 47.1 Å². The standard InChI is InChI=1S/C28H44O2/c1-20(10-7-17-27(3,4)30)24-15-16-25-23(12-8-18-28(24,25)5)14-13-22-11-6-9-21(2)26(29)19-22/h10,13-14,24-26,29-30H,2,6-9,11-12,15-19H2,1,3-5H3/b20-10+,22-13-,23-14+. The average molecular weight is 413 g/mol. The van der Waals surface area contributed by atoms with Crippen molar-refractivity contribution >= 4 is 0 Å². The molecule has 0 spiro atoms. The maximum absolute atomic E-state index is 10.3. The van der Waals surface area contributed by atoms with Gasteiger partial charge in [0.2, 0.25) is 0 Å². The van der Waals surface area contributed by atoms with E-state index in [0.29, 0.717) is 17.3 Å². The normalized spacial score (nSPS) is 36.3. The van der Waals surface area contributed by atoms with Crippen LogP contribution in [0.25, 0.3) is 0 Å². The molecule has 0 bridgehead atoms. The smallest absolute Gasteiger partial charge is 0.0784 e. The summed E-state index contributed by atoms with van der Waals surface area (Å²) >= 11 is 0. The average Bonchev–Trinajstić information content (AvgIpc) is 2.93. The second-order valence-electron chi connectivity index (χ2n) is 11.1. The predicted octanol–water partition coefficient (Wildman–Crippen LogP) is 7.04. The first kappa shape index (κ1) is 23.5. The van der Waals surface area contributed by atoms with Gasteiger partial charge in [-0.25, -0.2) is 0 Å². The summed E-state index contributed by atoms with van der Waals surface area (Å²) in [5.41, 5.74) is 5.36. The summed E-state index contributed by atoms with van der Waals surface area (Å²) in [4.78, 5) is 0. The minimum Gasteiger partial charge on any atom is -0.390 e. The molecule has 3 fully saturated rings. The highest BCUT2D eigenvalue weighted by Gasteiger charge is 2.49. The Bertz CT molecular complexity index is 717. The highest BCUT2D eigenvalue weighted by atomic mass is 16.3. The fraction of sp³-hybridized carbons (Fsp3) is 0.714. The van der Waals surface area contributed by atoms with Gasteiger partial charge in [0.05, 0.1) is 11.7 Å². The lowest BCUT2D eigenvalue weighted by atomic mass is 9.62. The van der Waals surface area contributed by atoms with Crippen LogP contribution in [0.2, 0.25) is 0 Å². The maximum atomic E-state index is 10.3. The second kappa shape index (κ2) is 9.57. The Morgan fingerprint density at radius 1 is 1.17 bits per heavy atom. The van der Waals surface area contributed by atoms with Gasteiger partial charge in [0.1, 0.15) is 0 Å². The third-order valence-corrected chi connectivity index (χ3v) is 8.19. The third kappa shape index (κ3) is 5.56. The van der Waals surface area contributed by atoms with Crippen LogP contribution >= 0.6 is 0 Å². The zero-order valence-electron chi connectivity index (χ0n) is 19.8. The summed E-state index contributed by atoms with van der Waals surface area (Å²) in [6.45, 7) is 12.7. The Morgan fingerprint density at radius 3 is 2.67 bits per heavy atom. The van der Waals surface area contributed by atoms with Crippen molar-refractivity contribution in [2.45, 2.75) is 110 Å². The topological polar surface area (TPSA) is 40.5 Å². The zero-order valence-corrected chi connectivity index (χ0v) is 19.8. The molecule has 3 aliphatic carbocycles. The molecule has 2 heteroatoms. The molecule has 0 aliphatic heterocycles. The first-order chi connectivity index (χ1) is 14.1. The molecule has 168 valence electrons. The van der Waals surface area contributed by atoms with Crippen molar-refractivity contribution in [2.24, 2.45) is 17.3 Å². The summed E-state index contributed by atoms with van der Waals surface area (Å²) in [6.07, 6.45) is 18.9. The highest BCUT2D eigenvalue weighted by molar-refractivity contribution is 5.28. The van der Waals surface area contributed by atoms with E-state index in [1.807, 2.05) is 13.8 Å². The fourth-order valence-electron chi connectivity index (χ4n) is 6.36. The minimum atomic E-state index is -0.578. The molecule has 3 aliphatic rings. The third-order valence-electron chi connectivity index (χ3n) is 8.19. The largest absolute Gasteiger partial charge is 0.390 e. The van der Waals surface area contributed by atoms with Crippen LogP contribution in [0.1, 0.15) is 98.3 Å². The Morgan fingerprint density at radius 2 is 1.93 bits per heavy atom. The van der Waals surface area contributed by atoms with Crippen molar-refractivity contribution in [3.05, 3.63) is 47.1 Å². The molecule has 0 aromatic rings. The number of fused-ring (bicyclic) bond motifs is 1. The number of hydrogen-bond donors (Lipinski definition) is 2. The van der Waals surface area contributed by atoms with E-state index in [1.54, 1.807) is 5.57 Å². The molecule has 0 saturated heterocycles. The van der Waals surface area contributed by atoms with Crippen molar-refractivity contribution in [2.75, 3.05) is 0 Å². The summed E-state index contributed by atoms with van der Waals surface area (Å²) in [5.74, 6) is 1.36. The van der Waals surface area contributed by atoms with Crippen LogP contribution in [0.4, 0.5) is 0 Å². The summed E-state index contributed by atoms with van der Waals surface area (Å²) in [6, 6.07) is 0. The van der Waals surface area contributed by atoms with E-state index in [2.05, 4.69) is 38.7 Å². The Labute approximate surface area is 184 Å². The van der Waals surface area contributed by atoms with Crippen molar-refractivity contribution in [1.82, 2.24) is 0 Å². The van der Waals surface area contributed by atoms with E-state index in [0.717, 1.165) is 44.1 Å². The Balaban J connectivity index is 1.72. The van der Waals surface area contributed by atoms with Gasteiger partial charge in [-0.3, -0.25) is 0 Å². The molecule has 2 nitrogen and oxygen atoms in total. The van der Waals surface area contributed by atoms with Gasteiger partial charge in [-0.05, 0) is 114 Å². The summed E-state index contributed by atoms with van der Waals surface area (Å²) in [5, 5.41) is 20.3. The van der Waals surface area contributed by atoms with Gasteiger partial charge in [0, 0.05) is 0 Å². The number of hydrogen-bond acceptors (Lipinski definition) is 2. The quantitative estimate of drug-likeness (QED) is 0.375. The lowest BCUT2D eigenvalue weighted by Crippen LogP contribution is -2.33. The SMILES string of the molecule is C=C1CCC/C(=C/C=C2\CCCC3(C)C(/C(C)=C/CCC(C)(C)O)CCC23)CC1O. The van der Waals surface area contributed by atoms with E-state index in [-0.39, 0.29) is 6.10 Å². The summed E-state index contributed by atoms with van der Waals surface area (Å²) < 4.78 is 0. The van der Waals surface area contributed by atoms with Crippen LogP contribution in [-0.4, -0.2) is 21.9 Å². The van der Waals surface area contributed by atoms with Crippen molar-refractivity contribution in [1.29, 1.82) is 0 Å². The molecule has 2 N–H and O–H groups in total. The van der Waals surface area contributed by atoms with Crippen LogP contribution in [0.5, 0.6) is 0 Å². The molecule has 0 aromatic heterocycles. The van der Waals surface area contributed by atoms with E-state index in [4.69, 9.17) is 0 Å². The van der Waals surface area contributed by atoms with Gasteiger partial charge in [0.25, 0.3) is 0 Å². The second-order valence-corrected chi connectivity index (χ2v) is 11.1. The number of rotatable bonds is 5. The van der Waals surface area contributed by atoms with Crippen molar-refractivity contribution in [3.63, 3.8) is 0 Å². The molecule has 0 aromatic carbocycles. The highest BCUT2D eigenvalue weighted by Crippen LogP contribution is 2.59. The van der Waals surface area contributed by atoms with E-state index >= 15 is 0 Å². The van der Waals surface area contributed by atoms with Gasteiger partial charge in [-0.1, -0.05) is 48.5 Å². The molecule has 0 heterocycles.